The van der Waals surface area contributed by atoms with Crippen LogP contribution in [-0.2, 0) is 6.42 Å². The third kappa shape index (κ3) is 4.00. The minimum absolute atomic E-state index is 0.139. The van der Waals surface area contributed by atoms with Crippen LogP contribution in [0.25, 0.3) is 10.8 Å². The molecule has 3 aromatic rings. The molecule has 0 unspecified atom stereocenters. The van der Waals surface area contributed by atoms with E-state index in [9.17, 15) is 4.79 Å². The van der Waals surface area contributed by atoms with Gasteiger partial charge in [-0.1, -0.05) is 55.8 Å². The molecule has 0 spiro atoms. The second-order valence-electron chi connectivity index (χ2n) is 9.06. The van der Waals surface area contributed by atoms with Gasteiger partial charge in [-0.05, 0) is 56.1 Å². The van der Waals surface area contributed by atoms with E-state index in [4.69, 9.17) is 0 Å². The molecule has 2 aliphatic rings. The summed E-state index contributed by atoms with van der Waals surface area (Å²) in [6.45, 7) is 8.61. The van der Waals surface area contributed by atoms with E-state index in [1.54, 1.807) is 0 Å². The van der Waals surface area contributed by atoms with E-state index < -0.39 is 0 Å². The molecule has 2 heterocycles. The largest absolute Gasteiger partial charge is 0.370 e. The van der Waals surface area contributed by atoms with Gasteiger partial charge in [0.2, 0.25) is 0 Å². The van der Waals surface area contributed by atoms with E-state index in [-0.39, 0.29) is 5.91 Å². The lowest BCUT2D eigenvalue weighted by Crippen LogP contribution is -2.31. The molecule has 0 aliphatic carbocycles. The van der Waals surface area contributed by atoms with Crippen molar-refractivity contribution >= 4 is 28.1 Å². The monoisotopic (exact) mass is 427 g/mol. The minimum atomic E-state index is 0.139. The molecule has 1 saturated heterocycles. The van der Waals surface area contributed by atoms with Crippen molar-refractivity contribution in [3.05, 3.63) is 71.8 Å². The predicted octanol–water partition coefficient (Wildman–Crippen LogP) is 5.35. The lowest BCUT2D eigenvalue weighted by atomic mass is 10.0. The number of amides is 1. The van der Waals surface area contributed by atoms with Crippen molar-refractivity contribution < 1.29 is 4.79 Å². The van der Waals surface area contributed by atoms with Crippen LogP contribution in [0.5, 0.6) is 0 Å². The van der Waals surface area contributed by atoms with Crippen LogP contribution in [0.1, 0.15) is 42.1 Å². The summed E-state index contributed by atoms with van der Waals surface area (Å²) in [6.07, 6.45) is 4.59. The zero-order valence-corrected chi connectivity index (χ0v) is 19.1. The van der Waals surface area contributed by atoms with Crippen LogP contribution in [0.4, 0.5) is 11.4 Å². The minimum Gasteiger partial charge on any atom is -0.370 e. The summed E-state index contributed by atoms with van der Waals surface area (Å²) in [5.41, 5.74) is 4.47. The first-order valence-electron chi connectivity index (χ1n) is 12.1. The molecule has 0 aromatic heterocycles. The van der Waals surface area contributed by atoms with E-state index in [0.29, 0.717) is 6.54 Å². The normalized spacial score (nSPS) is 16.7. The summed E-state index contributed by atoms with van der Waals surface area (Å²) in [5, 5.41) is 2.35. The molecule has 32 heavy (non-hydrogen) atoms. The van der Waals surface area contributed by atoms with Gasteiger partial charge in [-0.15, -0.1) is 0 Å². The summed E-state index contributed by atoms with van der Waals surface area (Å²) >= 11 is 0. The summed E-state index contributed by atoms with van der Waals surface area (Å²) in [6, 6.07) is 21.1. The average Bonchev–Trinajstić information content (AvgIpc) is 2.97. The van der Waals surface area contributed by atoms with Crippen LogP contribution < -0.4 is 9.80 Å². The van der Waals surface area contributed by atoms with E-state index in [0.717, 1.165) is 42.7 Å². The Kier molecular flexibility index (Phi) is 6.13. The number of hydrogen-bond donors (Lipinski definition) is 0. The van der Waals surface area contributed by atoms with Gasteiger partial charge in [0.25, 0.3) is 5.91 Å². The molecule has 2 aliphatic heterocycles. The zero-order valence-electron chi connectivity index (χ0n) is 19.1. The Labute approximate surface area is 191 Å². The maximum atomic E-state index is 13.3. The van der Waals surface area contributed by atoms with Gasteiger partial charge in [0.05, 0.1) is 5.69 Å². The number of carbonyl (C=O) groups excluding carboxylic acids is 1. The van der Waals surface area contributed by atoms with Gasteiger partial charge >= 0.3 is 0 Å². The Morgan fingerprint density at radius 3 is 2.50 bits per heavy atom. The second-order valence-corrected chi connectivity index (χ2v) is 9.06. The molecule has 3 aromatic carbocycles. The van der Waals surface area contributed by atoms with Gasteiger partial charge in [-0.3, -0.25) is 4.79 Å². The third-order valence-electron chi connectivity index (χ3n) is 6.99. The van der Waals surface area contributed by atoms with Gasteiger partial charge < -0.3 is 14.7 Å². The highest BCUT2D eigenvalue weighted by Crippen LogP contribution is 2.41. The molecule has 0 atom stereocenters. The molecule has 0 bridgehead atoms. The highest BCUT2D eigenvalue weighted by molar-refractivity contribution is 6.26. The summed E-state index contributed by atoms with van der Waals surface area (Å²) in [4.78, 5) is 20.4. The number of rotatable bonds is 7. The van der Waals surface area contributed by atoms with Crippen molar-refractivity contribution in [3.8, 4) is 0 Å². The van der Waals surface area contributed by atoms with Crippen molar-refractivity contribution in [2.45, 2.75) is 32.6 Å². The van der Waals surface area contributed by atoms with E-state index >= 15 is 0 Å². The van der Waals surface area contributed by atoms with Crippen molar-refractivity contribution in [2.75, 3.05) is 49.1 Å². The van der Waals surface area contributed by atoms with Gasteiger partial charge in [0, 0.05) is 48.2 Å². The summed E-state index contributed by atoms with van der Waals surface area (Å²) < 4.78 is 0. The number of nitrogens with zero attached hydrogens (tertiary/aromatic N) is 3. The molecular weight excluding hydrogens is 394 g/mol. The first-order chi connectivity index (χ1) is 15.8. The topological polar surface area (TPSA) is 26.8 Å². The van der Waals surface area contributed by atoms with Crippen LogP contribution in [-0.4, -0.2) is 50.1 Å². The number of anilines is 2. The van der Waals surface area contributed by atoms with E-state index in [2.05, 4.69) is 65.3 Å². The molecule has 166 valence electrons. The van der Waals surface area contributed by atoms with Crippen molar-refractivity contribution in [2.24, 2.45) is 0 Å². The van der Waals surface area contributed by atoms with Crippen LogP contribution in [0, 0.1) is 0 Å². The van der Waals surface area contributed by atoms with Crippen LogP contribution >= 0.6 is 0 Å². The molecule has 1 amide bonds. The van der Waals surface area contributed by atoms with Crippen LogP contribution in [0.15, 0.2) is 60.7 Å². The fraction of sp³-hybridized carbons (Fsp3) is 0.393. The number of carbonyl (C=O) groups is 1. The standard InChI is InChI=1S/C28H33N3O/c1-2-3-16-29-17-8-18-30(21-20-29)25-13-14-26-27-23(25)11-7-12-24(27)28(32)31(26)19-15-22-9-5-4-6-10-22/h4-7,9-14H,2-3,8,15-21H2,1H3. The summed E-state index contributed by atoms with van der Waals surface area (Å²) in [5.74, 6) is 0.139. The summed E-state index contributed by atoms with van der Waals surface area (Å²) in [7, 11) is 0. The quantitative estimate of drug-likeness (QED) is 0.508. The molecular formula is C28H33N3O. The van der Waals surface area contributed by atoms with Crippen molar-refractivity contribution in [1.29, 1.82) is 0 Å². The van der Waals surface area contributed by atoms with E-state index in [1.807, 2.05) is 17.0 Å². The van der Waals surface area contributed by atoms with Gasteiger partial charge in [0.1, 0.15) is 0 Å². The maximum absolute atomic E-state index is 13.3. The third-order valence-corrected chi connectivity index (χ3v) is 6.99. The highest BCUT2D eigenvalue weighted by atomic mass is 16.2. The van der Waals surface area contributed by atoms with Crippen LogP contribution in [0.3, 0.4) is 0 Å². The Morgan fingerprint density at radius 2 is 1.66 bits per heavy atom. The number of benzene rings is 3. The number of hydrogen-bond acceptors (Lipinski definition) is 3. The van der Waals surface area contributed by atoms with Crippen molar-refractivity contribution in [3.63, 3.8) is 0 Å². The molecule has 4 heteroatoms. The van der Waals surface area contributed by atoms with Crippen molar-refractivity contribution in [1.82, 2.24) is 4.90 Å². The molecule has 1 fully saturated rings. The lowest BCUT2D eigenvalue weighted by molar-refractivity contribution is 0.0993. The second kappa shape index (κ2) is 9.33. The molecule has 5 rings (SSSR count). The fourth-order valence-corrected chi connectivity index (χ4v) is 5.23. The Bertz CT molecular complexity index is 1090. The average molecular weight is 428 g/mol. The highest BCUT2D eigenvalue weighted by Gasteiger charge is 2.31. The van der Waals surface area contributed by atoms with Gasteiger partial charge in [0.15, 0.2) is 0 Å². The van der Waals surface area contributed by atoms with E-state index in [1.165, 1.54) is 49.0 Å². The smallest absolute Gasteiger partial charge is 0.259 e. The predicted molar refractivity (Wildman–Crippen MR) is 134 cm³/mol. The Balaban J connectivity index is 1.41. The Morgan fingerprint density at radius 1 is 0.812 bits per heavy atom. The molecule has 0 saturated carbocycles. The molecule has 0 N–H and O–H groups in total. The van der Waals surface area contributed by atoms with Gasteiger partial charge in [-0.25, -0.2) is 0 Å². The van der Waals surface area contributed by atoms with Gasteiger partial charge in [-0.2, -0.15) is 0 Å². The zero-order chi connectivity index (χ0) is 21.9. The molecule has 4 nitrogen and oxygen atoms in total. The first kappa shape index (κ1) is 21.0. The lowest BCUT2D eigenvalue weighted by Gasteiger charge is -2.26. The van der Waals surface area contributed by atoms with Crippen LogP contribution in [0.2, 0.25) is 0 Å². The molecule has 0 radical (unpaired) electrons. The first-order valence-corrected chi connectivity index (χ1v) is 12.1. The maximum Gasteiger partial charge on any atom is 0.259 e. The fourth-order valence-electron chi connectivity index (χ4n) is 5.23. The number of unbranched alkanes of at least 4 members (excludes halogenated alkanes) is 1. The SMILES string of the molecule is CCCCN1CCCN(c2ccc3c4c(cccc24)C(=O)N3CCc2ccccc2)CC1. The Hall–Kier alpha value is -2.85.